The van der Waals surface area contributed by atoms with E-state index in [1.54, 1.807) is 17.5 Å². The second kappa shape index (κ2) is 6.86. The zero-order valence-electron chi connectivity index (χ0n) is 11.1. The first-order chi connectivity index (χ1) is 9.20. The van der Waals surface area contributed by atoms with Crippen LogP contribution in [0.1, 0.15) is 37.2 Å². The largest absolute Gasteiger partial charge is 0.396 e. The molecule has 19 heavy (non-hydrogen) atoms. The van der Waals surface area contributed by atoms with Crippen LogP contribution in [0.15, 0.2) is 11.6 Å². The highest BCUT2D eigenvalue weighted by Crippen LogP contribution is 2.41. The first kappa shape index (κ1) is 14.3. The van der Waals surface area contributed by atoms with Crippen LogP contribution < -0.4 is 10.6 Å². The number of aromatic nitrogens is 1. The van der Waals surface area contributed by atoms with Crippen molar-refractivity contribution < 1.29 is 9.90 Å². The molecule has 0 aliphatic heterocycles. The number of nitrogens with zero attached hydrogens (tertiary/aromatic N) is 1. The number of aliphatic hydroxyl groups excluding tert-OH is 1. The Balaban J connectivity index is 1.79. The Bertz CT molecular complexity index is 393. The standard InChI is InChI=1S/C13H21N3O2S/c1-9(4-6-17)8-15-13(18)16-11(10-2-3-10)12-14-5-7-19-12/h5,7,9-11,17H,2-4,6,8H2,1H3,(H2,15,16,18). The van der Waals surface area contributed by atoms with Crippen LogP contribution in [0.5, 0.6) is 0 Å². The van der Waals surface area contributed by atoms with Gasteiger partial charge in [-0.2, -0.15) is 0 Å². The van der Waals surface area contributed by atoms with Gasteiger partial charge in [0.25, 0.3) is 0 Å². The molecule has 2 atom stereocenters. The van der Waals surface area contributed by atoms with Crippen LogP contribution in [0.2, 0.25) is 0 Å². The van der Waals surface area contributed by atoms with E-state index in [1.807, 2.05) is 12.3 Å². The molecule has 1 aliphatic rings. The molecule has 106 valence electrons. The van der Waals surface area contributed by atoms with Crippen molar-refractivity contribution >= 4 is 17.4 Å². The van der Waals surface area contributed by atoms with Crippen molar-refractivity contribution in [1.29, 1.82) is 0 Å². The lowest BCUT2D eigenvalue weighted by Gasteiger charge is -2.17. The minimum absolute atomic E-state index is 0.0492. The minimum Gasteiger partial charge on any atom is -0.396 e. The van der Waals surface area contributed by atoms with Gasteiger partial charge in [-0.15, -0.1) is 11.3 Å². The lowest BCUT2D eigenvalue weighted by atomic mass is 10.1. The number of urea groups is 1. The van der Waals surface area contributed by atoms with Gasteiger partial charge < -0.3 is 15.7 Å². The fourth-order valence-corrected chi connectivity index (χ4v) is 2.76. The third-order valence-electron chi connectivity index (χ3n) is 3.33. The van der Waals surface area contributed by atoms with E-state index in [-0.39, 0.29) is 24.6 Å². The Morgan fingerprint density at radius 3 is 3.00 bits per heavy atom. The fraction of sp³-hybridized carbons (Fsp3) is 0.692. The number of rotatable bonds is 7. The predicted molar refractivity (Wildman–Crippen MR) is 75.0 cm³/mol. The van der Waals surface area contributed by atoms with Crippen molar-refractivity contribution in [2.75, 3.05) is 13.2 Å². The second-order valence-corrected chi connectivity index (χ2v) is 6.08. The number of amides is 2. The summed E-state index contributed by atoms with van der Waals surface area (Å²) in [6, 6.07) is -0.0926. The van der Waals surface area contributed by atoms with Crippen molar-refractivity contribution in [3.05, 3.63) is 16.6 Å². The fourth-order valence-electron chi connectivity index (χ4n) is 1.98. The van der Waals surface area contributed by atoms with Gasteiger partial charge in [0.1, 0.15) is 5.01 Å². The van der Waals surface area contributed by atoms with Crippen molar-refractivity contribution in [2.24, 2.45) is 11.8 Å². The quantitative estimate of drug-likeness (QED) is 0.715. The molecule has 2 unspecified atom stereocenters. The number of carbonyl (C=O) groups excluding carboxylic acids is 1. The van der Waals surface area contributed by atoms with Crippen molar-refractivity contribution in [3.63, 3.8) is 0 Å². The van der Waals surface area contributed by atoms with E-state index in [4.69, 9.17) is 5.11 Å². The molecular formula is C13H21N3O2S. The van der Waals surface area contributed by atoms with Gasteiger partial charge in [-0.3, -0.25) is 0 Å². The lowest BCUT2D eigenvalue weighted by molar-refractivity contribution is 0.229. The van der Waals surface area contributed by atoms with Gasteiger partial charge in [0.05, 0.1) is 6.04 Å². The average Bonchev–Trinajstić information content (AvgIpc) is 3.08. The summed E-state index contributed by atoms with van der Waals surface area (Å²) in [7, 11) is 0. The normalized spacial score (nSPS) is 17.8. The molecule has 0 aromatic carbocycles. The summed E-state index contributed by atoms with van der Waals surface area (Å²) in [5.41, 5.74) is 0. The molecule has 1 heterocycles. The molecule has 1 aliphatic carbocycles. The number of nitrogens with one attached hydrogen (secondary N) is 2. The Labute approximate surface area is 117 Å². The maximum absolute atomic E-state index is 11.9. The molecule has 0 saturated heterocycles. The molecule has 6 heteroatoms. The molecular weight excluding hydrogens is 262 g/mol. The molecule has 2 amide bonds. The van der Waals surface area contributed by atoms with Gasteiger partial charge in [-0.05, 0) is 31.1 Å². The van der Waals surface area contributed by atoms with Crippen molar-refractivity contribution in [2.45, 2.75) is 32.2 Å². The number of hydrogen-bond donors (Lipinski definition) is 3. The first-order valence-electron chi connectivity index (χ1n) is 6.75. The highest BCUT2D eigenvalue weighted by molar-refractivity contribution is 7.09. The van der Waals surface area contributed by atoms with E-state index >= 15 is 0 Å². The zero-order chi connectivity index (χ0) is 13.7. The van der Waals surface area contributed by atoms with Gasteiger partial charge in [0, 0.05) is 24.7 Å². The second-order valence-electron chi connectivity index (χ2n) is 5.16. The number of carbonyl (C=O) groups is 1. The Morgan fingerprint density at radius 1 is 1.63 bits per heavy atom. The van der Waals surface area contributed by atoms with Gasteiger partial charge in [-0.25, -0.2) is 9.78 Å². The number of thiazole rings is 1. The minimum atomic E-state index is -0.142. The molecule has 1 aromatic rings. The molecule has 3 N–H and O–H groups in total. The van der Waals surface area contributed by atoms with E-state index in [2.05, 4.69) is 15.6 Å². The summed E-state index contributed by atoms with van der Waals surface area (Å²) < 4.78 is 0. The van der Waals surface area contributed by atoms with E-state index in [9.17, 15) is 4.79 Å². The zero-order valence-corrected chi connectivity index (χ0v) is 11.9. The van der Waals surface area contributed by atoms with E-state index in [0.717, 1.165) is 17.8 Å². The van der Waals surface area contributed by atoms with Crippen LogP contribution in [0.4, 0.5) is 4.79 Å². The highest BCUT2D eigenvalue weighted by atomic mass is 32.1. The SMILES string of the molecule is CC(CCO)CNC(=O)NC(c1nccs1)C1CC1. The van der Waals surface area contributed by atoms with Gasteiger partial charge in [0.15, 0.2) is 0 Å². The van der Waals surface area contributed by atoms with Crippen LogP contribution in [0, 0.1) is 11.8 Å². The molecule has 1 fully saturated rings. The summed E-state index contributed by atoms with van der Waals surface area (Å²) in [6.45, 7) is 2.76. The van der Waals surface area contributed by atoms with Crippen molar-refractivity contribution in [3.8, 4) is 0 Å². The smallest absolute Gasteiger partial charge is 0.315 e. The topological polar surface area (TPSA) is 74.2 Å². The molecule has 0 radical (unpaired) electrons. The van der Waals surface area contributed by atoms with Gasteiger partial charge in [-0.1, -0.05) is 6.92 Å². The predicted octanol–water partition coefficient (Wildman–Crippen LogP) is 1.91. The Hall–Kier alpha value is -1.14. The molecule has 5 nitrogen and oxygen atoms in total. The highest BCUT2D eigenvalue weighted by Gasteiger charge is 2.34. The maximum atomic E-state index is 11.9. The van der Waals surface area contributed by atoms with Crippen molar-refractivity contribution in [1.82, 2.24) is 15.6 Å². The van der Waals surface area contributed by atoms with Crippen LogP contribution >= 0.6 is 11.3 Å². The van der Waals surface area contributed by atoms with E-state index in [0.29, 0.717) is 18.9 Å². The van der Waals surface area contributed by atoms with Crippen LogP contribution in [0.3, 0.4) is 0 Å². The third kappa shape index (κ3) is 4.47. The number of aliphatic hydroxyl groups is 1. The van der Waals surface area contributed by atoms with Gasteiger partial charge in [0.2, 0.25) is 0 Å². The monoisotopic (exact) mass is 283 g/mol. The Kier molecular flexibility index (Phi) is 5.15. The summed E-state index contributed by atoms with van der Waals surface area (Å²) in [5.74, 6) is 0.821. The molecule has 1 saturated carbocycles. The molecule has 2 rings (SSSR count). The molecule has 0 bridgehead atoms. The van der Waals surface area contributed by atoms with Crippen LogP contribution in [-0.2, 0) is 0 Å². The van der Waals surface area contributed by atoms with E-state index in [1.165, 1.54) is 0 Å². The third-order valence-corrected chi connectivity index (χ3v) is 4.19. The van der Waals surface area contributed by atoms with Crippen LogP contribution in [-0.4, -0.2) is 29.3 Å². The summed E-state index contributed by atoms with van der Waals surface area (Å²) >= 11 is 1.59. The number of hydrogen-bond acceptors (Lipinski definition) is 4. The summed E-state index contributed by atoms with van der Waals surface area (Å²) in [5, 5.41) is 17.6. The van der Waals surface area contributed by atoms with Gasteiger partial charge >= 0.3 is 6.03 Å². The average molecular weight is 283 g/mol. The first-order valence-corrected chi connectivity index (χ1v) is 7.63. The summed E-state index contributed by atoms with van der Waals surface area (Å²) in [4.78, 5) is 16.2. The maximum Gasteiger partial charge on any atom is 0.315 e. The molecule has 0 spiro atoms. The molecule has 1 aromatic heterocycles. The summed E-state index contributed by atoms with van der Waals surface area (Å²) in [6.07, 6.45) is 4.80. The van der Waals surface area contributed by atoms with Crippen LogP contribution in [0.25, 0.3) is 0 Å². The lowest BCUT2D eigenvalue weighted by Crippen LogP contribution is -2.40. The van der Waals surface area contributed by atoms with E-state index < -0.39 is 0 Å². The Morgan fingerprint density at radius 2 is 2.42 bits per heavy atom.